The van der Waals surface area contributed by atoms with Gasteiger partial charge in [-0.3, -0.25) is 34.4 Å². The van der Waals surface area contributed by atoms with Gasteiger partial charge >= 0.3 is 0 Å². The molecule has 16 nitrogen and oxygen atoms in total. The molecule has 16 heteroatoms. The number of nitrogens with zero attached hydrogens (tertiary/aromatic N) is 5. The van der Waals surface area contributed by atoms with E-state index < -0.39 is 17.4 Å². The third-order valence-electron chi connectivity index (χ3n) is 13.7. The van der Waals surface area contributed by atoms with E-state index >= 15 is 0 Å². The van der Waals surface area contributed by atoms with Crippen LogP contribution in [-0.4, -0.2) is 134 Å². The number of primary amides is 1. The molecule has 394 valence electrons. The number of likely N-dealkylation sites (tertiary alicyclic amines) is 2. The Morgan fingerprint density at radius 1 is 1.01 bits per heavy atom. The maximum Gasteiger partial charge on any atom is 0.293 e. The smallest absolute Gasteiger partial charge is 0.293 e. The first-order valence-corrected chi connectivity index (χ1v) is 25.4. The molecule has 4 amide bonds. The van der Waals surface area contributed by atoms with Crippen molar-refractivity contribution in [3.8, 4) is 16.9 Å². The number of fused-ring (bicyclic) bond motifs is 1. The Bertz CT molecular complexity index is 2390. The van der Waals surface area contributed by atoms with E-state index in [-0.39, 0.29) is 41.6 Å². The highest BCUT2D eigenvalue weighted by Crippen LogP contribution is 2.43. The van der Waals surface area contributed by atoms with Gasteiger partial charge in [-0.2, -0.15) is 0 Å². The number of phenolic OH excluding ortho intramolecular Hbond substituents is 1. The van der Waals surface area contributed by atoms with Gasteiger partial charge in [-0.1, -0.05) is 71.4 Å². The lowest BCUT2D eigenvalue weighted by Gasteiger charge is -2.38. The Balaban J connectivity index is 0.000000365. The van der Waals surface area contributed by atoms with Gasteiger partial charge in [0.15, 0.2) is 0 Å². The monoisotopic (exact) mass is 995 g/mol. The van der Waals surface area contributed by atoms with Crippen LogP contribution in [0.15, 0.2) is 71.9 Å². The number of methoxy groups -OCH3 is 1. The van der Waals surface area contributed by atoms with Crippen molar-refractivity contribution in [3.63, 3.8) is 0 Å². The van der Waals surface area contributed by atoms with E-state index in [0.29, 0.717) is 51.8 Å². The summed E-state index contributed by atoms with van der Waals surface area (Å²) >= 11 is 0. The number of aromatic nitrogens is 1. The Hall–Kier alpha value is -6.10. The highest BCUT2D eigenvalue weighted by molar-refractivity contribution is 5.93. The van der Waals surface area contributed by atoms with Crippen molar-refractivity contribution in [1.82, 2.24) is 30.1 Å². The fraction of sp³-hybridized carbons (Fsp3) is 0.536. The number of benzene rings is 2. The molecule has 1 spiro atoms. The molecule has 0 bridgehead atoms. The average molecular weight is 995 g/mol. The number of carbonyl (C=O) groups excluding carboxylic acids is 5. The number of aryl methyl sites for hydroxylation is 2. The van der Waals surface area contributed by atoms with Crippen LogP contribution < -0.4 is 16.6 Å². The van der Waals surface area contributed by atoms with E-state index in [4.69, 9.17) is 15.2 Å². The Morgan fingerprint density at radius 2 is 1.72 bits per heavy atom. The van der Waals surface area contributed by atoms with Crippen molar-refractivity contribution in [1.29, 1.82) is 0 Å². The van der Waals surface area contributed by atoms with Gasteiger partial charge in [-0.05, 0) is 131 Å². The quantitative estimate of drug-likeness (QED) is 0.0199. The maximum atomic E-state index is 13.1. The maximum absolute atomic E-state index is 13.1. The van der Waals surface area contributed by atoms with E-state index in [1.54, 1.807) is 35.3 Å². The number of allylic oxidation sites excluding steroid dienone is 1. The minimum absolute atomic E-state index is 0.00111. The molecule has 3 aromatic rings. The number of aliphatic imine (C=N–C) groups is 1. The minimum atomic E-state index is -0.546. The first-order valence-electron chi connectivity index (χ1n) is 25.4. The van der Waals surface area contributed by atoms with Gasteiger partial charge in [0.25, 0.3) is 6.47 Å². The molecule has 5 N–H and O–H groups in total. The number of likely N-dealkylation sites (N-methyl/N-ethyl adjacent to an activating group) is 1. The summed E-state index contributed by atoms with van der Waals surface area (Å²) < 4.78 is 13.2. The predicted octanol–water partition coefficient (Wildman–Crippen LogP) is 7.22. The summed E-state index contributed by atoms with van der Waals surface area (Å²) in [5, 5.41) is 11.8. The molecule has 2 unspecified atom stereocenters. The molecule has 0 aliphatic carbocycles. The third-order valence-corrected chi connectivity index (χ3v) is 13.7. The number of hydrazine groups is 1. The standard InChI is InChI=1S/C37H50N4O5.C19H32N4O3/c1-7-16-38-34(27(3)45-6)22-36-33(23-37(4,5)24-46-26-43)32-21-29(14-15-35(32)41(36)8-2)30-18-28(19-31(44)20-30)13-11-9-10-12-17-39-40-25-42;1-14(2)16(17(20)25)23-13-9-19(18(23)26)7-11-22(12-8-19)15(24)6-5-10-21(3)4/h7,14-16,18-22,25-27,39,44H,1,8-13,17,23-24H2,2-6H3,(H,40,42);5-6,14,16H,7-13H2,1-4H3,(H2,20,25)/b34-22+,38-16?;6-5+. The molecule has 3 heterocycles. The van der Waals surface area contributed by atoms with E-state index in [0.717, 1.165) is 103 Å². The van der Waals surface area contributed by atoms with Crippen molar-refractivity contribution in [2.45, 2.75) is 118 Å². The predicted molar refractivity (Wildman–Crippen MR) is 287 cm³/mol. The number of hydrogen-bond donors (Lipinski definition) is 4. The first-order chi connectivity index (χ1) is 34.3. The van der Waals surface area contributed by atoms with Gasteiger partial charge in [0.2, 0.25) is 24.1 Å². The number of ether oxygens (including phenoxy) is 2. The SMILES string of the molecule is C=CC=N/C(=C/c1c(CC(C)(C)COC=O)c2cc(-c3cc(O)cc(CCCCCCNNC=O)c3)ccc2n1CC)C(C)OC.CC(C)C(C(N)=O)N1CCC2(CCN(C(=O)/C=C/CN(C)C)CC2)C1=O. The van der Waals surface area contributed by atoms with Crippen molar-refractivity contribution in [2.24, 2.45) is 27.5 Å². The lowest BCUT2D eigenvalue weighted by molar-refractivity contribution is -0.146. The van der Waals surface area contributed by atoms with Crippen molar-refractivity contribution >= 4 is 53.8 Å². The lowest BCUT2D eigenvalue weighted by Crippen LogP contribution is -2.52. The summed E-state index contributed by atoms with van der Waals surface area (Å²) in [6.07, 6.45) is 17.0. The van der Waals surface area contributed by atoms with Crippen molar-refractivity contribution in [3.05, 3.63) is 83.7 Å². The van der Waals surface area contributed by atoms with Crippen LogP contribution >= 0.6 is 0 Å². The minimum Gasteiger partial charge on any atom is -0.508 e. The largest absolute Gasteiger partial charge is 0.508 e. The number of carbonyl (C=O) groups is 5. The topological polar surface area (TPSA) is 201 Å². The second-order valence-corrected chi connectivity index (χ2v) is 20.4. The molecule has 2 fully saturated rings. The lowest BCUT2D eigenvalue weighted by atomic mass is 9.77. The van der Waals surface area contributed by atoms with E-state index in [1.165, 1.54) is 0 Å². The van der Waals surface area contributed by atoms with Crippen LogP contribution in [0.25, 0.3) is 28.1 Å². The van der Waals surface area contributed by atoms with Crippen LogP contribution in [0.5, 0.6) is 5.75 Å². The third kappa shape index (κ3) is 16.2. The van der Waals surface area contributed by atoms with Crippen LogP contribution in [0, 0.1) is 16.7 Å². The Kier molecular flexibility index (Phi) is 22.9. The number of amides is 4. The van der Waals surface area contributed by atoms with Crippen LogP contribution in [0.4, 0.5) is 0 Å². The molecule has 2 saturated heterocycles. The molecule has 0 saturated carbocycles. The number of piperidine rings is 1. The average Bonchev–Trinajstić information content (AvgIpc) is 3.80. The molecule has 2 aromatic carbocycles. The van der Waals surface area contributed by atoms with E-state index in [2.05, 4.69) is 78.1 Å². The highest BCUT2D eigenvalue weighted by atomic mass is 16.5. The molecule has 2 atom stereocenters. The van der Waals surface area contributed by atoms with Gasteiger partial charge in [-0.25, -0.2) is 5.43 Å². The van der Waals surface area contributed by atoms with Crippen molar-refractivity contribution in [2.75, 3.05) is 60.5 Å². The zero-order valence-corrected chi connectivity index (χ0v) is 44.4. The van der Waals surface area contributed by atoms with Gasteiger partial charge in [-0.15, -0.1) is 0 Å². The van der Waals surface area contributed by atoms with E-state index in [1.807, 2.05) is 58.0 Å². The second kappa shape index (κ2) is 28.2. The zero-order valence-electron chi connectivity index (χ0n) is 44.4. The number of aromatic hydroxyl groups is 1. The molecule has 72 heavy (non-hydrogen) atoms. The molecule has 1 aromatic heterocycles. The summed E-state index contributed by atoms with van der Waals surface area (Å²) in [5.41, 5.74) is 17.2. The number of rotatable bonds is 27. The van der Waals surface area contributed by atoms with Crippen LogP contribution in [0.3, 0.4) is 0 Å². The first kappa shape index (κ1) is 58.5. The van der Waals surface area contributed by atoms with Gasteiger partial charge in [0.05, 0.1) is 23.8 Å². The molecular formula is C56H82N8O8. The van der Waals surface area contributed by atoms with Crippen LogP contribution in [-0.2, 0) is 52.8 Å². The van der Waals surface area contributed by atoms with Gasteiger partial charge in [0, 0.05) is 80.7 Å². The van der Waals surface area contributed by atoms with Gasteiger partial charge < -0.3 is 39.6 Å². The van der Waals surface area contributed by atoms with Gasteiger partial charge in [0.1, 0.15) is 11.8 Å². The normalized spacial score (nSPS) is 15.9. The van der Waals surface area contributed by atoms with E-state index in [9.17, 15) is 29.1 Å². The van der Waals surface area contributed by atoms with Crippen molar-refractivity contribution < 1.29 is 38.6 Å². The van der Waals surface area contributed by atoms with Crippen LogP contribution in [0.1, 0.15) is 103 Å². The number of nitrogens with two attached hydrogens (primary N) is 1. The fourth-order valence-electron chi connectivity index (χ4n) is 9.80. The molecule has 2 aliphatic rings. The Morgan fingerprint density at radius 3 is 2.35 bits per heavy atom. The summed E-state index contributed by atoms with van der Waals surface area (Å²) in [5.74, 6) is -0.164. The second-order valence-electron chi connectivity index (χ2n) is 20.4. The Labute approximate surface area is 427 Å². The number of unbranched alkanes of at least 4 members (excludes halogenated alkanes) is 3. The summed E-state index contributed by atoms with van der Waals surface area (Å²) in [4.78, 5) is 68.7. The zero-order chi connectivity index (χ0) is 53.0. The molecule has 5 rings (SSSR count). The number of nitrogens with one attached hydrogen (secondary N) is 2. The summed E-state index contributed by atoms with van der Waals surface area (Å²) in [6, 6.07) is 11.7. The number of phenols is 1. The summed E-state index contributed by atoms with van der Waals surface area (Å²) in [7, 11) is 5.57. The highest BCUT2D eigenvalue weighted by Gasteiger charge is 2.51. The summed E-state index contributed by atoms with van der Waals surface area (Å²) in [6.45, 7) is 20.6. The molecular weight excluding hydrogens is 913 g/mol. The molecule has 2 aliphatic heterocycles. The number of hydrogen-bond acceptors (Lipinski definition) is 11. The van der Waals surface area contributed by atoms with Crippen LogP contribution in [0.2, 0.25) is 0 Å². The fourth-order valence-corrected chi connectivity index (χ4v) is 9.80. The molecule has 0 radical (unpaired) electrons.